The van der Waals surface area contributed by atoms with Gasteiger partial charge in [-0.3, -0.25) is 0 Å². The minimum Gasteiger partial charge on any atom is -0.383 e. The van der Waals surface area contributed by atoms with Crippen molar-refractivity contribution in [3.05, 3.63) is 18.2 Å². The highest BCUT2D eigenvalue weighted by molar-refractivity contribution is 5.01. The molecular formula is C13H25N3O. The first-order chi connectivity index (χ1) is 8.03. The van der Waals surface area contributed by atoms with Crippen LogP contribution in [-0.2, 0) is 17.7 Å². The second-order valence-corrected chi connectivity index (χ2v) is 5.56. The van der Waals surface area contributed by atoms with Crippen molar-refractivity contribution in [3.63, 3.8) is 0 Å². The summed E-state index contributed by atoms with van der Waals surface area (Å²) in [6.07, 6.45) is 4.95. The molecule has 0 aliphatic rings. The highest BCUT2D eigenvalue weighted by Crippen LogP contribution is 2.19. The van der Waals surface area contributed by atoms with Crippen molar-refractivity contribution in [2.24, 2.45) is 5.41 Å². The van der Waals surface area contributed by atoms with Crippen molar-refractivity contribution in [1.82, 2.24) is 14.9 Å². The molecular weight excluding hydrogens is 214 g/mol. The fourth-order valence-corrected chi connectivity index (χ4v) is 1.74. The number of rotatable bonds is 7. The molecule has 1 N–H and O–H groups in total. The molecule has 1 heterocycles. The summed E-state index contributed by atoms with van der Waals surface area (Å²) in [6, 6.07) is 0. The highest BCUT2D eigenvalue weighted by atomic mass is 16.5. The van der Waals surface area contributed by atoms with Crippen LogP contribution < -0.4 is 5.32 Å². The molecule has 0 spiro atoms. The lowest BCUT2D eigenvalue weighted by Crippen LogP contribution is -2.24. The Morgan fingerprint density at radius 2 is 2.12 bits per heavy atom. The SMILES string of the molecule is COCCNCCn1cncc1CC(C)(C)C. The van der Waals surface area contributed by atoms with Crippen LogP contribution in [-0.4, -0.2) is 36.4 Å². The van der Waals surface area contributed by atoms with Crippen molar-refractivity contribution in [2.45, 2.75) is 33.7 Å². The van der Waals surface area contributed by atoms with Gasteiger partial charge < -0.3 is 14.6 Å². The molecule has 4 nitrogen and oxygen atoms in total. The minimum atomic E-state index is 0.307. The monoisotopic (exact) mass is 239 g/mol. The van der Waals surface area contributed by atoms with Crippen LogP contribution in [0.5, 0.6) is 0 Å². The Labute approximate surface area is 104 Å². The normalized spacial score (nSPS) is 12.0. The highest BCUT2D eigenvalue weighted by Gasteiger charge is 2.14. The van der Waals surface area contributed by atoms with Crippen molar-refractivity contribution in [3.8, 4) is 0 Å². The fraction of sp³-hybridized carbons (Fsp3) is 0.769. The Kier molecular flexibility index (Phi) is 5.65. The van der Waals surface area contributed by atoms with Gasteiger partial charge in [-0.1, -0.05) is 20.8 Å². The van der Waals surface area contributed by atoms with Gasteiger partial charge in [-0.05, 0) is 11.8 Å². The van der Waals surface area contributed by atoms with Gasteiger partial charge in [-0.2, -0.15) is 0 Å². The van der Waals surface area contributed by atoms with E-state index in [-0.39, 0.29) is 0 Å². The molecule has 0 aliphatic carbocycles. The van der Waals surface area contributed by atoms with Crippen molar-refractivity contribution in [2.75, 3.05) is 26.8 Å². The molecule has 0 bridgehead atoms. The van der Waals surface area contributed by atoms with Gasteiger partial charge in [0.2, 0.25) is 0 Å². The standard InChI is InChI=1S/C13H25N3O/c1-13(2,3)9-12-10-15-11-16(12)7-5-14-6-8-17-4/h10-11,14H,5-9H2,1-4H3. The summed E-state index contributed by atoms with van der Waals surface area (Å²) in [5, 5.41) is 3.34. The largest absolute Gasteiger partial charge is 0.383 e. The summed E-state index contributed by atoms with van der Waals surface area (Å²) in [4.78, 5) is 4.23. The number of imidazole rings is 1. The van der Waals surface area contributed by atoms with E-state index in [4.69, 9.17) is 4.74 Å². The fourth-order valence-electron chi connectivity index (χ4n) is 1.74. The van der Waals surface area contributed by atoms with Gasteiger partial charge in [-0.15, -0.1) is 0 Å². The van der Waals surface area contributed by atoms with Crippen LogP contribution in [0.1, 0.15) is 26.5 Å². The quantitative estimate of drug-likeness (QED) is 0.736. The molecule has 0 amide bonds. The predicted molar refractivity (Wildman–Crippen MR) is 70.1 cm³/mol. The van der Waals surface area contributed by atoms with E-state index in [1.165, 1.54) is 5.69 Å². The van der Waals surface area contributed by atoms with E-state index < -0.39 is 0 Å². The number of methoxy groups -OCH3 is 1. The second-order valence-electron chi connectivity index (χ2n) is 5.56. The zero-order valence-electron chi connectivity index (χ0n) is 11.5. The number of ether oxygens (including phenoxy) is 1. The maximum absolute atomic E-state index is 4.99. The van der Waals surface area contributed by atoms with E-state index in [0.29, 0.717) is 5.41 Å². The first-order valence-electron chi connectivity index (χ1n) is 6.21. The predicted octanol–water partition coefficient (Wildman–Crippen LogP) is 1.71. The summed E-state index contributed by atoms with van der Waals surface area (Å²) in [6.45, 7) is 10.3. The van der Waals surface area contributed by atoms with Gasteiger partial charge in [0.15, 0.2) is 0 Å². The molecule has 0 saturated carbocycles. The van der Waals surface area contributed by atoms with Crippen LogP contribution in [0.4, 0.5) is 0 Å². The summed E-state index contributed by atoms with van der Waals surface area (Å²) in [7, 11) is 1.72. The Morgan fingerprint density at radius 3 is 2.76 bits per heavy atom. The van der Waals surface area contributed by atoms with Crippen LogP contribution in [0.3, 0.4) is 0 Å². The third-order valence-electron chi connectivity index (χ3n) is 2.52. The molecule has 4 heteroatoms. The number of aromatic nitrogens is 2. The average molecular weight is 239 g/mol. The van der Waals surface area contributed by atoms with Gasteiger partial charge in [0.05, 0.1) is 12.9 Å². The third-order valence-corrected chi connectivity index (χ3v) is 2.52. The second kappa shape index (κ2) is 6.77. The van der Waals surface area contributed by atoms with E-state index in [9.17, 15) is 0 Å². The minimum absolute atomic E-state index is 0.307. The number of hydrogen-bond donors (Lipinski definition) is 1. The van der Waals surface area contributed by atoms with E-state index in [1.54, 1.807) is 7.11 Å². The number of nitrogens with zero attached hydrogens (tertiary/aromatic N) is 2. The van der Waals surface area contributed by atoms with E-state index in [1.807, 2.05) is 12.5 Å². The summed E-state index contributed by atoms with van der Waals surface area (Å²) >= 11 is 0. The Hall–Kier alpha value is -0.870. The molecule has 1 rings (SSSR count). The van der Waals surface area contributed by atoms with Gasteiger partial charge in [0, 0.05) is 38.6 Å². The zero-order valence-corrected chi connectivity index (χ0v) is 11.5. The molecule has 0 unspecified atom stereocenters. The lowest BCUT2D eigenvalue weighted by molar-refractivity contribution is 0.199. The maximum Gasteiger partial charge on any atom is 0.0948 e. The first kappa shape index (κ1) is 14.2. The average Bonchev–Trinajstić information content (AvgIpc) is 2.63. The summed E-state index contributed by atoms with van der Waals surface area (Å²) in [5.74, 6) is 0. The molecule has 1 aromatic heterocycles. The third kappa shape index (κ3) is 5.84. The zero-order chi connectivity index (χ0) is 12.7. The van der Waals surface area contributed by atoms with Crippen LogP contribution in [0.15, 0.2) is 12.5 Å². The molecule has 17 heavy (non-hydrogen) atoms. The Balaban J connectivity index is 2.36. The van der Waals surface area contributed by atoms with Crippen LogP contribution >= 0.6 is 0 Å². The molecule has 0 atom stereocenters. The molecule has 98 valence electrons. The maximum atomic E-state index is 4.99. The van der Waals surface area contributed by atoms with Crippen LogP contribution in [0.2, 0.25) is 0 Å². The topological polar surface area (TPSA) is 39.1 Å². The van der Waals surface area contributed by atoms with Crippen molar-refractivity contribution < 1.29 is 4.74 Å². The lowest BCUT2D eigenvalue weighted by atomic mass is 9.91. The van der Waals surface area contributed by atoms with E-state index >= 15 is 0 Å². The molecule has 0 fully saturated rings. The molecule has 0 aliphatic heterocycles. The van der Waals surface area contributed by atoms with E-state index in [0.717, 1.165) is 32.7 Å². The molecule has 0 radical (unpaired) electrons. The Bertz CT molecular complexity index is 315. The van der Waals surface area contributed by atoms with Crippen LogP contribution in [0.25, 0.3) is 0 Å². The van der Waals surface area contributed by atoms with E-state index in [2.05, 4.69) is 35.6 Å². The van der Waals surface area contributed by atoms with Gasteiger partial charge in [0.25, 0.3) is 0 Å². The first-order valence-corrected chi connectivity index (χ1v) is 6.21. The smallest absolute Gasteiger partial charge is 0.0948 e. The van der Waals surface area contributed by atoms with Gasteiger partial charge >= 0.3 is 0 Å². The number of nitrogens with one attached hydrogen (secondary N) is 1. The van der Waals surface area contributed by atoms with Crippen LogP contribution in [0, 0.1) is 5.41 Å². The van der Waals surface area contributed by atoms with Crippen molar-refractivity contribution in [1.29, 1.82) is 0 Å². The molecule has 0 saturated heterocycles. The summed E-state index contributed by atoms with van der Waals surface area (Å²) in [5.41, 5.74) is 1.62. The number of hydrogen-bond acceptors (Lipinski definition) is 3. The lowest BCUT2D eigenvalue weighted by Gasteiger charge is -2.19. The summed E-state index contributed by atoms with van der Waals surface area (Å²) < 4.78 is 7.21. The van der Waals surface area contributed by atoms with Crippen molar-refractivity contribution >= 4 is 0 Å². The Morgan fingerprint density at radius 1 is 1.35 bits per heavy atom. The molecule has 1 aromatic rings. The molecule has 0 aromatic carbocycles. The van der Waals surface area contributed by atoms with Gasteiger partial charge in [-0.25, -0.2) is 4.98 Å². The van der Waals surface area contributed by atoms with Gasteiger partial charge in [0.1, 0.15) is 0 Å².